The van der Waals surface area contributed by atoms with Gasteiger partial charge in [-0.25, -0.2) is 10.9 Å². The molecule has 2 amide bonds. The molecule has 0 aliphatic carbocycles. The van der Waals surface area contributed by atoms with Gasteiger partial charge in [-0.05, 0) is 30.3 Å². The van der Waals surface area contributed by atoms with Gasteiger partial charge in [0.15, 0.2) is 0 Å². The van der Waals surface area contributed by atoms with Crippen LogP contribution in [0.1, 0.15) is 31.8 Å². The number of rotatable bonds is 6. The summed E-state index contributed by atoms with van der Waals surface area (Å²) in [6.07, 6.45) is 9.49. The van der Waals surface area contributed by atoms with Crippen molar-refractivity contribution in [3.8, 4) is 0 Å². The molecule has 0 saturated heterocycles. The Morgan fingerprint density at radius 2 is 1.25 bits per heavy atom. The highest BCUT2D eigenvalue weighted by Crippen LogP contribution is 2.05. The lowest BCUT2D eigenvalue weighted by Gasteiger charge is -2.03. The van der Waals surface area contributed by atoms with E-state index < -0.39 is 11.8 Å². The van der Waals surface area contributed by atoms with Crippen LogP contribution in [-0.4, -0.2) is 34.2 Å². The monoisotopic (exact) mass is 372 g/mol. The molecule has 0 aliphatic rings. The van der Waals surface area contributed by atoms with Gasteiger partial charge in [-0.1, -0.05) is 18.2 Å². The first-order valence-electron chi connectivity index (χ1n) is 8.29. The molecule has 1 aromatic carbocycles. The fourth-order valence-electron chi connectivity index (χ4n) is 2.17. The van der Waals surface area contributed by atoms with E-state index in [0.29, 0.717) is 11.1 Å². The van der Waals surface area contributed by atoms with E-state index in [1.165, 1.54) is 18.5 Å². The number of benzene rings is 1. The van der Waals surface area contributed by atoms with Crippen LogP contribution in [0.2, 0.25) is 0 Å². The number of nitrogens with zero attached hydrogens (tertiary/aromatic N) is 4. The molecule has 8 nitrogen and oxygen atoms in total. The number of hydrazone groups is 2. The minimum Gasteiger partial charge on any atom is -0.267 e. The molecule has 2 aromatic heterocycles. The third kappa shape index (κ3) is 5.40. The summed E-state index contributed by atoms with van der Waals surface area (Å²) in [6, 6.07) is 13.4. The molecule has 0 spiro atoms. The number of hydrogen-bond acceptors (Lipinski definition) is 6. The minimum atomic E-state index is -0.436. The number of hydrogen-bond donors (Lipinski definition) is 2. The van der Waals surface area contributed by atoms with E-state index in [0.717, 1.165) is 11.1 Å². The summed E-state index contributed by atoms with van der Waals surface area (Å²) in [5.74, 6) is -0.873. The van der Waals surface area contributed by atoms with Gasteiger partial charge in [-0.15, -0.1) is 0 Å². The smallest absolute Gasteiger partial charge is 0.267 e. The molecule has 0 fully saturated rings. The van der Waals surface area contributed by atoms with Gasteiger partial charge in [0.1, 0.15) is 0 Å². The van der Waals surface area contributed by atoms with Gasteiger partial charge in [0, 0.05) is 47.0 Å². The predicted octanol–water partition coefficient (Wildman–Crippen LogP) is 2.00. The van der Waals surface area contributed by atoms with E-state index in [-0.39, 0.29) is 0 Å². The highest BCUT2D eigenvalue weighted by Gasteiger charge is 2.09. The standard InChI is InChI=1S/C20H16N6O2/c27-19(25-23-13-15-4-2-8-21-11-15)17-6-1-7-18(10-17)20(28)26-24-14-16-5-3-9-22-12-16/h1-14H,(H,25,27)(H,26,28)/b23-13+,24-14+. The van der Waals surface area contributed by atoms with E-state index in [4.69, 9.17) is 0 Å². The van der Waals surface area contributed by atoms with Crippen molar-refractivity contribution in [1.29, 1.82) is 0 Å². The van der Waals surface area contributed by atoms with Crippen molar-refractivity contribution in [3.63, 3.8) is 0 Å². The summed E-state index contributed by atoms with van der Waals surface area (Å²) in [5.41, 5.74) is 6.93. The Morgan fingerprint density at radius 3 is 1.68 bits per heavy atom. The lowest BCUT2D eigenvalue weighted by molar-refractivity contribution is 0.0954. The minimum absolute atomic E-state index is 0.298. The molecular weight excluding hydrogens is 356 g/mol. The van der Waals surface area contributed by atoms with Gasteiger partial charge < -0.3 is 0 Å². The zero-order chi connectivity index (χ0) is 19.6. The zero-order valence-corrected chi connectivity index (χ0v) is 14.7. The third-order valence-electron chi connectivity index (χ3n) is 3.52. The van der Waals surface area contributed by atoms with E-state index in [1.54, 1.807) is 67.3 Å². The van der Waals surface area contributed by atoms with Crippen molar-refractivity contribution < 1.29 is 9.59 Å². The Balaban J connectivity index is 1.59. The fraction of sp³-hybridized carbons (Fsp3) is 0. The molecule has 3 rings (SSSR count). The summed E-state index contributed by atoms with van der Waals surface area (Å²) < 4.78 is 0. The second-order valence-corrected chi connectivity index (χ2v) is 5.55. The summed E-state index contributed by atoms with van der Waals surface area (Å²) in [4.78, 5) is 32.3. The molecule has 0 atom stereocenters. The molecule has 3 aromatic rings. The average Bonchev–Trinajstić information content (AvgIpc) is 2.75. The Kier molecular flexibility index (Phi) is 6.30. The maximum absolute atomic E-state index is 12.2. The molecule has 138 valence electrons. The number of amides is 2. The van der Waals surface area contributed by atoms with Crippen LogP contribution in [-0.2, 0) is 0 Å². The molecule has 0 bridgehead atoms. The van der Waals surface area contributed by atoms with E-state index >= 15 is 0 Å². The van der Waals surface area contributed by atoms with Crippen LogP contribution in [0.5, 0.6) is 0 Å². The summed E-state index contributed by atoms with van der Waals surface area (Å²) in [6.45, 7) is 0. The SMILES string of the molecule is O=C(N/N=C/c1cccnc1)c1cccc(C(=O)N/N=C/c2cccnc2)c1. The zero-order valence-electron chi connectivity index (χ0n) is 14.7. The maximum atomic E-state index is 12.2. The largest absolute Gasteiger partial charge is 0.271 e. The van der Waals surface area contributed by atoms with Gasteiger partial charge in [-0.3, -0.25) is 19.6 Å². The van der Waals surface area contributed by atoms with Crippen molar-refractivity contribution >= 4 is 24.2 Å². The Labute approximate surface area is 161 Å². The van der Waals surface area contributed by atoms with Crippen LogP contribution in [0.3, 0.4) is 0 Å². The lowest BCUT2D eigenvalue weighted by Crippen LogP contribution is -2.20. The number of carbonyl (C=O) groups is 2. The van der Waals surface area contributed by atoms with Crippen LogP contribution in [0.4, 0.5) is 0 Å². The quantitative estimate of drug-likeness (QED) is 0.509. The Bertz CT molecular complexity index is 925. The van der Waals surface area contributed by atoms with Gasteiger partial charge in [-0.2, -0.15) is 10.2 Å². The number of aromatic nitrogens is 2. The number of nitrogens with one attached hydrogen (secondary N) is 2. The highest BCUT2D eigenvalue weighted by molar-refractivity contribution is 6.00. The molecule has 8 heteroatoms. The molecule has 0 saturated carbocycles. The summed E-state index contributed by atoms with van der Waals surface area (Å²) in [5, 5.41) is 7.76. The molecule has 0 unspecified atom stereocenters. The first-order valence-corrected chi connectivity index (χ1v) is 8.29. The molecule has 28 heavy (non-hydrogen) atoms. The molecular formula is C20H16N6O2. The Hall–Kier alpha value is -4.20. The fourth-order valence-corrected chi connectivity index (χ4v) is 2.17. The molecule has 2 heterocycles. The second kappa shape index (κ2) is 9.48. The number of pyridine rings is 2. The first-order chi connectivity index (χ1) is 13.7. The normalized spacial score (nSPS) is 10.9. The van der Waals surface area contributed by atoms with E-state index in [1.807, 2.05) is 0 Å². The van der Waals surface area contributed by atoms with Gasteiger partial charge in [0.2, 0.25) is 0 Å². The van der Waals surface area contributed by atoms with Crippen LogP contribution in [0.15, 0.2) is 83.5 Å². The topological polar surface area (TPSA) is 109 Å². The van der Waals surface area contributed by atoms with Crippen molar-refractivity contribution in [2.45, 2.75) is 0 Å². The first kappa shape index (κ1) is 18.6. The average molecular weight is 372 g/mol. The van der Waals surface area contributed by atoms with Crippen LogP contribution < -0.4 is 10.9 Å². The van der Waals surface area contributed by atoms with Gasteiger partial charge in [0.05, 0.1) is 12.4 Å². The van der Waals surface area contributed by atoms with Gasteiger partial charge in [0.25, 0.3) is 11.8 Å². The Morgan fingerprint density at radius 1 is 0.750 bits per heavy atom. The van der Waals surface area contributed by atoms with Crippen molar-refractivity contribution in [2.24, 2.45) is 10.2 Å². The lowest BCUT2D eigenvalue weighted by atomic mass is 10.1. The molecule has 2 N–H and O–H groups in total. The predicted molar refractivity (Wildman–Crippen MR) is 105 cm³/mol. The van der Waals surface area contributed by atoms with Crippen LogP contribution in [0.25, 0.3) is 0 Å². The van der Waals surface area contributed by atoms with Crippen molar-refractivity contribution in [3.05, 3.63) is 95.6 Å². The van der Waals surface area contributed by atoms with E-state index in [2.05, 4.69) is 31.0 Å². The van der Waals surface area contributed by atoms with Crippen molar-refractivity contribution in [1.82, 2.24) is 20.8 Å². The van der Waals surface area contributed by atoms with Crippen LogP contribution >= 0.6 is 0 Å². The van der Waals surface area contributed by atoms with Crippen molar-refractivity contribution in [2.75, 3.05) is 0 Å². The van der Waals surface area contributed by atoms with E-state index in [9.17, 15) is 9.59 Å². The number of carbonyl (C=O) groups excluding carboxylic acids is 2. The van der Waals surface area contributed by atoms with Crippen LogP contribution in [0, 0.1) is 0 Å². The van der Waals surface area contributed by atoms with Gasteiger partial charge >= 0.3 is 0 Å². The second-order valence-electron chi connectivity index (χ2n) is 5.55. The maximum Gasteiger partial charge on any atom is 0.271 e. The molecule has 0 aliphatic heterocycles. The summed E-state index contributed by atoms with van der Waals surface area (Å²) in [7, 11) is 0. The third-order valence-corrected chi connectivity index (χ3v) is 3.52. The molecule has 0 radical (unpaired) electrons. The summed E-state index contributed by atoms with van der Waals surface area (Å²) >= 11 is 0. The highest BCUT2D eigenvalue weighted by atomic mass is 16.2.